The minimum absolute atomic E-state index is 0.0279. The molecule has 13 nitrogen and oxygen atoms in total. The molecule has 4 atom stereocenters. The summed E-state index contributed by atoms with van der Waals surface area (Å²) in [6.45, 7) is 1.08. The number of hydrogen-bond acceptors (Lipinski definition) is 10. The van der Waals surface area contributed by atoms with Gasteiger partial charge in [-0.2, -0.15) is 9.97 Å². The quantitative estimate of drug-likeness (QED) is 0.237. The summed E-state index contributed by atoms with van der Waals surface area (Å²) in [5.74, 6) is -2.85. The topological polar surface area (TPSA) is 178 Å². The number of carbonyl (C=O) groups is 1. The molecule has 30 heavy (non-hydrogen) atoms. The third kappa shape index (κ3) is 4.72. The van der Waals surface area contributed by atoms with E-state index < -0.39 is 37.8 Å². The van der Waals surface area contributed by atoms with Crippen molar-refractivity contribution in [1.29, 1.82) is 0 Å². The van der Waals surface area contributed by atoms with Crippen LogP contribution in [-0.2, 0) is 23.6 Å². The van der Waals surface area contributed by atoms with Crippen LogP contribution in [0.5, 0.6) is 0 Å². The standard InChI is InChI=1S/C15H21ClN5O8P/c1-3-27-13(23)14(30(24,25)26)28-5-7-4-8(22)12(29-7)21-6-18-9-10(17-2)19-15(16)20-11(9)21/h6-8,12,14,22H,3-5H2,1-2H3,(H,17,19,20)(H2,24,25,26)/t7-,8+,12+,14?/m0/s1. The van der Waals surface area contributed by atoms with Crippen molar-refractivity contribution in [2.24, 2.45) is 0 Å². The zero-order valence-corrected chi connectivity index (χ0v) is 17.7. The number of anilines is 1. The fraction of sp³-hybridized carbons (Fsp3) is 0.600. The SMILES string of the molecule is CCOC(=O)C(OC[C@@H]1C[C@@H](O)[C@H](n2cnc3c(NC)nc(Cl)nc32)O1)P(=O)(O)O. The lowest BCUT2D eigenvalue weighted by Gasteiger charge is -2.20. The average Bonchev–Trinajstić information content (AvgIpc) is 3.23. The van der Waals surface area contributed by atoms with E-state index in [0.29, 0.717) is 17.0 Å². The summed E-state index contributed by atoms with van der Waals surface area (Å²) in [4.78, 5) is 42.8. The lowest BCUT2D eigenvalue weighted by molar-refractivity contribution is -0.154. The Labute approximate surface area is 175 Å². The van der Waals surface area contributed by atoms with Crippen LogP contribution in [0, 0.1) is 0 Å². The maximum atomic E-state index is 11.8. The first-order valence-electron chi connectivity index (χ1n) is 8.90. The maximum absolute atomic E-state index is 11.8. The number of esters is 1. The van der Waals surface area contributed by atoms with E-state index in [0.717, 1.165) is 0 Å². The summed E-state index contributed by atoms with van der Waals surface area (Å²) in [7, 11) is -3.27. The van der Waals surface area contributed by atoms with Crippen molar-refractivity contribution < 1.29 is 38.5 Å². The molecule has 0 saturated carbocycles. The molecule has 15 heteroatoms. The molecule has 3 heterocycles. The van der Waals surface area contributed by atoms with Gasteiger partial charge in [-0.15, -0.1) is 0 Å². The van der Waals surface area contributed by atoms with Crippen LogP contribution in [0.25, 0.3) is 11.2 Å². The molecule has 1 aliphatic heterocycles. The van der Waals surface area contributed by atoms with Crippen molar-refractivity contribution in [2.75, 3.05) is 25.6 Å². The van der Waals surface area contributed by atoms with Crippen molar-refractivity contribution >= 4 is 42.1 Å². The Kier molecular flexibility index (Phi) is 6.92. The fourth-order valence-corrected chi connectivity index (χ4v) is 3.85. The van der Waals surface area contributed by atoms with Crippen LogP contribution in [0.3, 0.4) is 0 Å². The van der Waals surface area contributed by atoms with Gasteiger partial charge in [0, 0.05) is 13.5 Å². The fourth-order valence-electron chi connectivity index (χ4n) is 3.05. The smallest absolute Gasteiger partial charge is 0.365 e. The number of aliphatic hydroxyl groups is 1. The Hall–Kier alpha value is -1.86. The number of halogens is 1. The molecule has 0 amide bonds. The highest BCUT2D eigenvalue weighted by Gasteiger charge is 2.41. The molecule has 2 aromatic heterocycles. The molecule has 166 valence electrons. The highest BCUT2D eigenvalue weighted by atomic mass is 35.5. The minimum atomic E-state index is -4.91. The molecule has 0 spiro atoms. The Balaban J connectivity index is 1.75. The molecule has 0 bridgehead atoms. The number of aromatic nitrogens is 4. The zero-order valence-electron chi connectivity index (χ0n) is 16.0. The van der Waals surface area contributed by atoms with Gasteiger partial charge in [0.25, 0.3) is 5.85 Å². The molecule has 0 radical (unpaired) electrons. The molecule has 3 rings (SSSR count). The number of nitrogens with zero attached hydrogens (tertiary/aromatic N) is 4. The molecule has 1 unspecified atom stereocenters. The van der Waals surface area contributed by atoms with Gasteiger partial charge < -0.3 is 34.4 Å². The van der Waals surface area contributed by atoms with Crippen molar-refractivity contribution in [3.63, 3.8) is 0 Å². The Bertz CT molecular complexity index is 968. The molecular weight excluding hydrogens is 445 g/mol. The molecular formula is C15H21ClN5O8P. The van der Waals surface area contributed by atoms with Crippen LogP contribution < -0.4 is 5.32 Å². The Morgan fingerprint density at radius 1 is 1.50 bits per heavy atom. The lowest BCUT2D eigenvalue weighted by Crippen LogP contribution is -2.30. The number of carbonyl (C=O) groups excluding carboxylic acids is 1. The molecule has 4 N–H and O–H groups in total. The summed E-state index contributed by atoms with van der Waals surface area (Å²) < 4.78 is 28.5. The van der Waals surface area contributed by atoms with E-state index in [-0.39, 0.29) is 24.9 Å². The van der Waals surface area contributed by atoms with Crippen LogP contribution in [0.2, 0.25) is 5.28 Å². The zero-order chi connectivity index (χ0) is 22.1. The number of nitrogens with one attached hydrogen (secondary N) is 1. The molecule has 0 aliphatic carbocycles. The molecule has 1 fully saturated rings. The second-order valence-electron chi connectivity index (χ2n) is 6.39. The van der Waals surface area contributed by atoms with Gasteiger partial charge in [-0.3, -0.25) is 9.13 Å². The van der Waals surface area contributed by atoms with E-state index in [1.807, 2.05) is 0 Å². The number of fused-ring (bicyclic) bond motifs is 1. The van der Waals surface area contributed by atoms with Crippen molar-refractivity contribution in [2.45, 2.75) is 37.6 Å². The minimum Gasteiger partial charge on any atom is -0.464 e. The van der Waals surface area contributed by atoms with E-state index in [4.69, 9.17) is 21.1 Å². The first-order valence-corrected chi connectivity index (χ1v) is 11.0. The number of rotatable bonds is 8. The van der Waals surface area contributed by atoms with Crippen LogP contribution in [-0.4, -0.2) is 78.7 Å². The van der Waals surface area contributed by atoms with Gasteiger partial charge in [-0.1, -0.05) is 0 Å². The van der Waals surface area contributed by atoms with Crippen molar-refractivity contribution in [3.8, 4) is 0 Å². The van der Waals surface area contributed by atoms with Gasteiger partial charge in [-0.25, -0.2) is 9.78 Å². The van der Waals surface area contributed by atoms with Gasteiger partial charge in [-0.05, 0) is 18.5 Å². The van der Waals surface area contributed by atoms with Crippen molar-refractivity contribution in [1.82, 2.24) is 19.5 Å². The Morgan fingerprint density at radius 2 is 2.23 bits per heavy atom. The van der Waals surface area contributed by atoms with E-state index in [2.05, 4.69) is 25.0 Å². The second kappa shape index (κ2) is 9.10. The number of hydrogen-bond donors (Lipinski definition) is 4. The van der Waals surface area contributed by atoms with E-state index in [1.165, 1.54) is 17.8 Å². The summed E-state index contributed by atoms with van der Waals surface area (Å²) >= 11 is 5.94. The predicted octanol–water partition coefficient (Wildman–Crippen LogP) is 0.253. The van der Waals surface area contributed by atoms with Gasteiger partial charge in [0.15, 0.2) is 23.2 Å². The van der Waals surface area contributed by atoms with E-state index in [1.54, 1.807) is 7.05 Å². The lowest BCUT2D eigenvalue weighted by atomic mass is 10.2. The molecule has 1 aliphatic rings. The predicted molar refractivity (Wildman–Crippen MR) is 103 cm³/mol. The molecule has 2 aromatic rings. The first-order chi connectivity index (χ1) is 14.2. The summed E-state index contributed by atoms with van der Waals surface area (Å²) in [6, 6.07) is 0. The van der Waals surface area contributed by atoms with Gasteiger partial charge in [0.2, 0.25) is 5.28 Å². The monoisotopic (exact) mass is 465 g/mol. The summed E-state index contributed by atoms with van der Waals surface area (Å²) in [5.41, 5.74) is 0.742. The third-order valence-electron chi connectivity index (χ3n) is 4.30. The maximum Gasteiger partial charge on any atom is 0.365 e. The van der Waals surface area contributed by atoms with Gasteiger partial charge in [0.05, 0.1) is 25.6 Å². The first kappa shape index (κ1) is 22.8. The van der Waals surface area contributed by atoms with Gasteiger partial charge >= 0.3 is 13.6 Å². The van der Waals surface area contributed by atoms with E-state index >= 15 is 0 Å². The molecule has 0 aromatic carbocycles. The average molecular weight is 466 g/mol. The third-order valence-corrected chi connectivity index (χ3v) is 5.44. The Morgan fingerprint density at radius 3 is 2.87 bits per heavy atom. The number of imidazole rings is 1. The summed E-state index contributed by atoms with van der Waals surface area (Å²) in [5, 5.41) is 13.3. The van der Waals surface area contributed by atoms with Crippen LogP contribution in [0.15, 0.2) is 6.33 Å². The highest BCUT2D eigenvalue weighted by Crippen LogP contribution is 2.43. The highest BCUT2D eigenvalue weighted by molar-refractivity contribution is 7.53. The second-order valence-corrected chi connectivity index (χ2v) is 8.38. The van der Waals surface area contributed by atoms with E-state index in [9.17, 15) is 24.3 Å². The number of aliphatic hydroxyl groups excluding tert-OH is 1. The van der Waals surface area contributed by atoms with Gasteiger partial charge in [0.1, 0.15) is 6.10 Å². The van der Waals surface area contributed by atoms with Crippen LogP contribution in [0.1, 0.15) is 19.6 Å². The number of ether oxygens (including phenoxy) is 3. The summed E-state index contributed by atoms with van der Waals surface area (Å²) in [6.07, 6.45) is -1.18. The van der Waals surface area contributed by atoms with Crippen LogP contribution in [0.4, 0.5) is 5.82 Å². The van der Waals surface area contributed by atoms with Crippen molar-refractivity contribution in [3.05, 3.63) is 11.6 Å². The molecule has 1 saturated heterocycles. The van der Waals surface area contributed by atoms with Crippen LogP contribution >= 0.6 is 19.2 Å². The normalized spacial score (nSPS) is 22.9. The largest absolute Gasteiger partial charge is 0.464 e.